The molecule has 1 saturated carbocycles. The number of amides is 1. The summed E-state index contributed by atoms with van der Waals surface area (Å²) in [5.41, 5.74) is -0.945. The lowest BCUT2D eigenvalue weighted by Gasteiger charge is -2.21. The zero-order chi connectivity index (χ0) is 20.8. The number of nitrogens with zero attached hydrogens (tertiary/aromatic N) is 1. The number of halogens is 1. The van der Waals surface area contributed by atoms with Crippen LogP contribution in [0.3, 0.4) is 0 Å². The van der Waals surface area contributed by atoms with Crippen molar-refractivity contribution in [1.82, 2.24) is 10.0 Å². The molecule has 150 valence electrons. The second-order valence-corrected chi connectivity index (χ2v) is 8.93. The third kappa shape index (κ3) is 5.41. The molecule has 2 rings (SSSR count). The van der Waals surface area contributed by atoms with Gasteiger partial charge in [0.15, 0.2) is 6.61 Å². The predicted molar refractivity (Wildman–Crippen MR) is 105 cm³/mol. The van der Waals surface area contributed by atoms with Crippen molar-refractivity contribution in [3.05, 3.63) is 40.9 Å². The van der Waals surface area contributed by atoms with Crippen LogP contribution < -0.4 is 10.0 Å². The van der Waals surface area contributed by atoms with Gasteiger partial charge in [-0.1, -0.05) is 6.08 Å². The van der Waals surface area contributed by atoms with E-state index in [1.165, 1.54) is 18.2 Å². The zero-order valence-corrected chi connectivity index (χ0v) is 17.4. The van der Waals surface area contributed by atoms with Crippen molar-refractivity contribution < 1.29 is 22.7 Å². The van der Waals surface area contributed by atoms with Gasteiger partial charge in [0.2, 0.25) is 10.0 Å². The summed E-state index contributed by atoms with van der Waals surface area (Å²) in [5, 5.41) is 11.9. The van der Waals surface area contributed by atoms with E-state index in [1.807, 2.05) is 0 Å². The van der Waals surface area contributed by atoms with Crippen molar-refractivity contribution in [2.75, 3.05) is 13.2 Å². The lowest BCUT2D eigenvalue weighted by molar-refractivity contribution is -0.125. The fourth-order valence-electron chi connectivity index (χ4n) is 2.84. The van der Waals surface area contributed by atoms with E-state index in [0.717, 1.165) is 18.9 Å². The van der Waals surface area contributed by atoms with E-state index in [2.05, 4.69) is 38.6 Å². The lowest BCUT2D eigenvalue weighted by Crippen LogP contribution is -2.46. The first kappa shape index (κ1) is 22.1. The maximum absolute atomic E-state index is 12.3. The van der Waals surface area contributed by atoms with Crippen molar-refractivity contribution in [2.45, 2.75) is 36.1 Å². The minimum Gasteiger partial charge on any atom is -0.452 e. The van der Waals surface area contributed by atoms with Gasteiger partial charge >= 0.3 is 5.97 Å². The summed E-state index contributed by atoms with van der Waals surface area (Å²) in [7, 11) is -3.82. The van der Waals surface area contributed by atoms with Crippen LogP contribution in [0.4, 0.5) is 0 Å². The van der Waals surface area contributed by atoms with Crippen LogP contribution in [0.5, 0.6) is 0 Å². The largest absolute Gasteiger partial charge is 0.452 e. The van der Waals surface area contributed by atoms with Crippen LogP contribution in [-0.4, -0.2) is 39.0 Å². The van der Waals surface area contributed by atoms with Crippen molar-refractivity contribution >= 4 is 37.8 Å². The quantitative estimate of drug-likeness (QED) is 0.443. The number of benzene rings is 1. The van der Waals surface area contributed by atoms with E-state index in [-0.39, 0.29) is 17.0 Å². The van der Waals surface area contributed by atoms with Gasteiger partial charge in [-0.3, -0.25) is 4.79 Å². The lowest BCUT2D eigenvalue weighted by atomic mass is 10.00. The Labute approximate surface area is 172 Å². The molecule has 0 aromatic heterocycles. The predicted octanol–water partition coefficient (Wildman–Crippen LogP) is 2.02. The number of hydrogen-bond donors (Lipinski definition) is 2. The standard InChI is InChI=1S/C18H20BrN3O5S/c1-2-9-21-28(25,26)13-5-6-15(19)14(10-13)17(24)27-11-16(23)22-18(12-20)7-3-4-8-18/h2,5-6,10,21H,1,3-4,7-9,11H2,(H,22,23). The highest BCUT2D eigenvalue weighted by Gasteiger charge is 2.35. The van der Waals surface area contributed by atoms with Gasteiger partial charge in [-0.05, 0) is 59.8 Å². The molecule has 1 fully saturated rings. The second-order valence-electron chi connectivity index (χ2n) is 6.31. The summed E-state index contributed by atoms with van der Waals surface area (Å²) >= 11 is 3.17. The molecule has 1 amide bonds. The molecular formula is C18H20BrN3O5S. The Morgan fingerprint density at radius 1 is 1.36 bits per heavy atom. The van der Waals surface area contributed by atoms with E-state index in [0.29, 0.717) is 17.3 Å². The van der Waals surface area contributed by atoms with Crippen LogP contribution >= 0.6 is 15.9 Å². The van der Waals surface area contributed by atoms with Gasteiger partial charge in [0.05, 0.1) is 16.5 Å². The number of nitrogens with one attached hydrogen (secondary N) is 2. The highest BCUT2D eigenvalue weighted by Crippen LogP contribution is 2.28. The van der Waals surface area contributed by atoms with Crippen LogP contribution in [0.2, 0.25) is 0 Å². The van der Waals surface area contributed by atoms with Gasteiger partial charge in [0.1, 0.15) is 5.54 Å². The highest BCUT2D eigenvalue weighted by atomic mass is 79.9. The van der Waals surface area contributed by atoms with E-state index < -0.39 is 34.0 Å². The van der Waals surface area contributed by atoms with Crippen LogP contribution in [-0.2, 0) is 19.6 Å². The van der Waals surface area contributed by atoms with Gasteiger partial charge in [-0.25, -0.2) is 17.9 Å². The smallest absolute Gasteiger partial charge is 0.339 e. The summed E-state index contributed by atoms with van der Waals surface area (Å²) in [4.78, 5) is 24.3. The van der Waals surface area contributed by atoms with Gasteiger partial charge in [0.25, 0.3) is 5.91 Å². The Morgan fingerprint density at radius 3 is 2.64 bits per heavy atom. The normalized spacial score (nSPS) is 15.4. The molecule has 10 heteroatoms. The molecule has 1 aliphatic carbocycles. The van der Waals surface area contributed by atoms with Crippen molar-refractivity contribution in [3.63, 3.8) is 0 Å². The summed E-state index contributed by atoms with van der Waals surface area (Å²) in [6, 6.07) is 6.01. The minimum atomic E-state index is -3.82. The number of nitriles is 1. The first-order valence-corrected chi connectivity index (χ1v) is 10.8. The molecule has 0 saturated heterocycles. The average Bonchev–Trinajstić information content (AvgIpc) is 3.13. The molecule has 0 spiro atoms. The molecule has 0 heterocycles. The van der Waals surface area contributed by atoms with E-state index in [1.54, 1.807) is 0 Å². The number of carbonyl (C=O) groups excluding carboxylic acids is 2. The Morgan fingerprint density at radius 2 is 2.04 bits per heavy atom. The molecule has 8 nitrogen and oxygen atoms in total. The molecule has 0 atom stereocenters. The van der Waals surface area contributed by atoms with E-state index in [4.69, 9.17) is 4.74 Å². The average molecular weight is 470 g/mol. The molecule has 2 N–H and O–H groups in total. The fourth-order valence-corrected chi connectivity index (χ4v) is 4.27. The third-order valence-electron chi connectivity index (χ3n) is 4.27. The molecule has 0 aliphatic heterocycles. The fraction of sp³-hybridized carbons (Fsp3) is 0.389. The Hall–Kier alpha value is -2.22. The second kappa shape index (κ2) is 9.32. The molecule has 1 aromatic carbocycles. The van der Waals surface area contributed by atoms with Gasteiger partial charge < -0.3 is 10.1 Å². The van der Waals surface area contributed by atoms with E-state index in [9.17, 15) is 23.3 Å². The Balaban J connectivity index is 2.06. The van der Waals surface area contributed by atoms with Gasteiger partial charge in [-0.2, -0.15) is 5.26 Å². The first-order valence-electron chi connectivity index (χ1n) is 8.52. The van der Waals surface area contributed by atoms with Crippen molar-refractivity contribution in [3.8, 4) is 6.07 Å². The Bertz CT molecular complexity index is 918. The summed E-state index contributed by atoms with van der Waals surface area (Å²) < 4.78 is 32.0. The van der Waals surface area contributed by atoms with Crippen LogP contribution in [0.1, 0.15) is 36.0 Å². The number of rotatable bonds is 8. The topological polar surface area (TPSA) is 125 Å². The van der Waals surface area contributed by atoms with Gasteiger partial charge in [-0.15, -0.1) is 6.58 Å². The number of ether oxygens (including phenoxy) is 1. The highest BCUT2D eigenvalue weighted by molar-refractivity contribution is 9.10. The SMILES string of the molecule is C=CCNS(=O)(=O)c1ccc(Br)c(C(=O)OCC(=O)NC2(C#N)CCCC2)c1. The summed E-state index contributed by atoms with van der Waals surface area (Å²) in [6.45, 7) is 2.91. The molecule has 1 aromatic rings. The van der Waals surface area contributed by atoms with Gasteiger partial charge in [0, 0.05) is 11.0 Å². The van der Waals surface area contributed by atoms with Crippen molar-refractivity contribution in [1.29, 1.82) is 5.26 Å². The molecule has 28 heavy (non-hydrogen) atoms. The number of esters is 1. The molecular weight excluding hydrogens is 450 g/mol. The minimum absolute atomic E-state index is 0.0369. The molecule has 1 aliphatic rings. The molecule has 0 unspecified atom stereocenters. The molecule has 0 radical (unpaired) electrons. The zero-order valence-electron chi connectivity index (χ0n) is 15.0. The monoisotopic (exact) mass is 469 g/mol. The number of sulfonamides is 1. The first-order chi connectivity index (χ1) is 13.2. The third-order valence-corrected chi connectivity index (χ3v) is 6.38. The van der Waals surface area contributed by atoms with Crippen LogP contribution in [0, 0.1) is 11.3 Å². The molecule has 0 bridgehead atoms. The summed E-state index contributed by atoms with van der Waals surface area (Å²) in [6.07, 6.45) is 4.21. The maximum atomic E-state index is 12.3. The van der Waals surface area contributed by atoms with Crippen LogP contribution in [0.15, 0.2) is 40.2 Å². The number of hydrogen-bond acceptors (Lipinski definition) is 6. The number of carbonyl (C=O) groups is 2. The van der Waals surface area contributed by atoms with Crippen molar-refractivity contribution in [2.24, 2.45) is 0 Å². The maximum Gasteiger partial charge on any atom is 0.339 e. The van der Waals surface area contributed by atoms with Crippen LogP contribution in [0.25, 0.3) is 0 Å². The van der Waals surface area contributed by atoms with E-state index >= 15 is 0 Å². The summed E-state index contributed by atoms with van der Waals surface area (Å²) in [5.74, 6) is -1.44. The Kier molecular flexibility index (Phi) is 7.35.